The summed E-state index contributed by atoms with van der Waals surface area (Å²) in [5.74, 6) is -0.932. The number of esters is 1. The summed E-state index contributed by atoms with van der Waals surface area (Å²) < 4.78 is 11.8. The fourth-order valence-corrected chi connectivity index (χ4v) is 3.16. The van der Waals surface area contributed by atoms with Crippen molar-refractivity contribution in [2.45, 2.75) is 41.0 Å². The van der Waals surface area contributed by atoms with Gasteiger partial charge in [-0.05, 0) is 32.8 Å². The molecule has 0 saturated heterocycles. The van der Waals surface area contributed by atoms with Crippen LogP contribution in [0.2, 0.25) is 0 Å². The largest absolute Gasteiger partial charge is 0.464 e. The van der Waals surface area contributed by atoms with E-state index in [1.165, 1.54) is 7.11 Å². The number of ether oxygens (including phenoxy) is 2. The first kappa shape index (κ1) is 22.9. The normalized spacial score (nSPS) is 11.0. The molecule has 0 saturated carbocycles. The monoisotopic (exact) mass is 380 g/mol. The number of rotatable bonds is 10. The molecular weight excluding hydrogens is 348 g/mol. The van der Waals surface area contributed by atoms with Gasteiger partial charge in [0, 0.05) is 44.0 Å². The van der Waals surface area contributed by atoms with Gasteiger partial charge in [0.25, 0.3) is 0 Å². The van der Waals surface area contributed by atoms with Gasteiger partial charge in [-0.2, -0.15) is 0 Å². The van der Waals surface area contributed by atoms with Crippen molar-refractivity contribution >= 4 is 17.7 Å². The molecule has 1 heterocycles. The molecule has 0 fully saturated rings. The van der Waals surface area contributed by atoms with Gasteiger partial charge >= 0.3 is 5.97 Å². The zero-order valence-corrected chi connectivity index (χ0v) is 17.5. The second-order valence-corrected chi connectivity index (χ2v) is 6.87. The van der Waals surface area contributed by atoms with Gasteiger partial charge in [-0.3, -0.25) is 9.59 Å². The predicted octanol–water partition coefficient (Wildman–Crippen LogP) is 2.52. The molecule has 0 atom stereocenters. The molecule has 1 aromatic heterocycles. The molecule has 7 heteroatoms. The molecule has 0 unspecified atom stereocenters. The van der Waals surface area contributed by atoms with Gasteiger partial charge in [0.2, 0.25) is 5.91 Å². The van der Waals surface area contributed by atoms with E-state index in [-0.39, 0.29) is 24.2 Å². The maximum atomic E-state index is 13.0. The molecular formula is C20H32N2O5. The zero-order chi connectivity index (χ0) is 20.7. The van der Waals surface area contributed by atoms with Gasteiger partial charge in [-0.25, -0.2) is 4.79 Å². The van der Waals surface area contributed by atoms with E-state index in [4.69, 9.17) is 9.47 Å². The number of methoxy groups -OCH3 is 1. The Bertz CT molecular complexity index is 691. The number of nitrogens with zero attached hydrogens (tertiary/aromatic N) is 2. The lowest BCUT2D eigenvalue weighted by Gasteiger charge is -2.24. The molecule has 1 rings (SSSR count). The Morgan fingerprint density at radius 1 is 1.19 bits per heavy atom. The fourth-order valence-electron chi connectivity index (χ4n) is 3.16. The van der Waals surface area contributed by atoms with Crippen LogP contribution in [0.4, 0.5) is 0 Å². The van der Waals surface area contributed by atoms with Gasteiger partial charge in [0.15, 0.2) is 5.78 Å². The summed E-state index contributed by atoms with van der Waals surface area (Å²) in [5.41, 5.74) is 2.10. The van der Waals surface area contributed by atoms with Crippen molar-refractivity contribution in [1.82, 2.24) is 9.47 Å². The lowest BCUT2D eigenvalue weighted by atomic mass is 10.0. The van der Waals surface area contributed by atoms with Crippen LogP contribution in [-0.2, 0) is 21.3 Å². The maximum Gasteiger partial charge on any atom is 0.354 e. The minimum atomic E-state index is -0.482. The van der Waals surface area contributed by atoms with E-state index in [1.54, 1.807) is 30.4 Å². The van der Waals surface area contributed by atoms with E-state index in [9.17, 15) is 14.4 Å². The fraction of sp³-hybridized carbons (Fsp3) is 0.650. The first-order chi connectivity index (χ1) is 12.7. The lowest BCUT2D eigenvalue weighted by molar-refractivity contribution is -0.134. The molecule has 0 radical (unpaired) electrons. The standard InChI is InChI=1S/C20H32N2O5/c1-8-27-11-9-10-22(19(24)13(2)3)12-16(23)17-14(4)18(20(25)26-7)21(6)15(17)5/h13H,8-12H2,1-7H3. The van der Waals surface area contributed by atoms with Crippen LogP contribution in [0.1, 0.15) is 59.3 Å². The number of Topliss-reactive ketones (excluding diaryl/α,β-unsaturated/α-hetero) is 1. The summed E-state index contributed by atoms with van der Waals surface area (Å²) in [4.78, 5) is 39.1. The average Bonchev–Trinajstić information content (AvgIpc) is 2.85. The van der Waals surface area contributed by atoms with Crippen LogP contribution in [0.15, 0.2) is 0 Å². The molecule has 0 aromatic carbocycles. The van der Waals surface area contributed by atoms with E-state index in [0.29, 0.717) is 48.7 Å². The molecule has 0 N–H and O–H groups in total. The minimum absolute atomic E-state index is 0.0184. The van der Waals surface area contributed by atoms with Crippen molar-refractivity contribution < 1.29 is 23.9 Å². The molecule has 0 aliphatic rings. The Morgan fingerprint density at radius 3 is 2.33 bits per heavy atom. The minimum Gasteiger partial charge on any atom is -0.464 e. The van der Waals surface area contributed by atoms with Crippen LogP contribution in [0.3, 0.4) is 0 Å². The molecule has 1 amide bonds. The second kappa shape index (κ2) is 10.3. The summed E-state index contributed by atoms with van der Waals surface area (Å²) in [5, 5.41) is 0. The Kier molecular flexibility index (Phi) is 8.69. The Labute approximate surface area is 161 Å². The van der Waals surface area contributed by atoms with Crippen LogP contribution in [0, 0.1) is 19.8 Å². The van der Waals surface area contributed by atoms with Crippen molar-refractivity contribution in [3.8, 4) is 0 Å². The van der Waals surface area contributed by atoms with Gasteiger partial charge in [-0.15, -0.1) is 0 Å². The van der Waals surface area contributed by atoms with Crippen molar-refractivity contribution in [3.63, 3.8) is 0 Å². The summed E-state index contributed by atoms with van der Waals surface area (Å²) in [6, 6.07) is 0. The molecule has 27 heavy (non-hydrogen) atoms. The summed E-state index contributed by atoms with van der Waals surface area (Å²) in [6.07, 6.45) is 0.666. The predicted molar refractivity (Wildman–Crippen MR) is 103 cm³/mol. The highest BCUT2D eigenvalue weighted by molar-refractivity contribution is 6.04. The van der Waals surface area contributed by atoms with Gasteiger partial charge in [-0.1, -0.05) is 13.8 Å². The third-order valence-electron chi connectivity index (χ3n) is 4.65. The Morgan fingerprint density at radius 2 is 1.81 bits per heavy atom. The van der Waals surface area contributed by atoms with Crippen LogP contribution in [0.25, 0.3) is 0 Å². The number of carbonyl (C=O) groups is 3. The van der Waals surface area contributed by atoms with Crippen LogP contribution in [-0.4, -0.2) is 60.5 Å². The van der Waals surface area contributed by atoms with E-state index >= 15 is 0 Å². The first-order valence-corrected chi connectivity index (χ1v) is 9.31. The third-order valence-corrected chi connectivity index (χ3v) is 4.65. The SMILES string of the molecule is CCOCCCN(CC(=O)c1c(C)c(C(=O)OC)n(C)c1C)C(=O)C(C)C. The van der Waals surface area contributed by atoms with Crippen LogP contribution < -0.4 is 0 Å². The number of carbonyl (C=O) groups excluding carboxylic acids is 3. The molecule has 1 aromatic rings. The Balaban J connectivity index is 3.08. The second-order valence-electron chi connectivity index (χ2n) is 6.87. The van der Waals surface area contributed by atoms with E-state index < -0.39 is 5.97 Å². The third kappa shape index (κ3) is 5.42. The number of amides is 1. The first-order valence-electron chi connectivity index (χ1n) is 9.31. The van der Waals surface area contributed by atoms with Crippen molar-refractivity contribution in [1.29, 1.82) is 0 Å². The molecule has 152 valence electrons. The molecule has 0 spiro atoms. The lowest BCUT2D eigenvalue weighted by Crippen LogP contribution is -2.39. The molecule has 0 aliphatic carbocycles. The molecule has 7 nitrogen and oxygen atoms in total. The maximum absolute atomic E-state index is 13.0. The summed E-state index contributed by atoms with van der Waals surface area (Å²) in [7, 11) is 3.04. The smallest absolute Gasteiger partial charge is 0.354 e. The summed E-state index contributed by atoms with van der Waals surface area (Å²) in [6.45, 7) is 10.7. The van der Waals surface area contributed by atoms with Crippen LogP contribution in [0.5, 0.6) is 0 Å². The van der Waals surface area contributed by atoms with E-state index in [0.717, 1.165) is 0 Å². The van der Waals surface area contributed by atoms with E-state index in [1.807, 2.05) is 20.8 Å². The Hall–Kier alpha value is -2.15. The van der Waals surface area contributed by atoms with Crippen molar-refractivity contribution in [3.05, 3.63) is 22.5 Å². The number of hydrogen-bond acceptors (Lipinski definition) is 5. The highest BCUT2D eigenvalue weighted by Crippen LogP contribution is 2.23. The number of aromatic nitrogens is 1. The molecule has 0 bridgehead atoms. The zero-order valence-electron chi connectivity index (χ0n) is 17.5. The van der Waals surface area contributed by atoms with E-state index in [2.05, 4.69) is 0 Å². The number of ketones is 1. The summed E-state index contributed by atoms with van der Waals surface area (Å²) >= 11 is 0. The van der Waals surface area contributed by atoms with Gasteiger partial charge in [0.05, 0.1) is 13.7 Å². The van der Waals surface area contributed by atoms with Crippen molar-refractivity contribution in [2.75, 3.05) is 33.4 Å². The highest BCUT2D eigenvalue weighted by atomic mass is 16.5. The topological polar surface area (TPSA) is 77.8 Å². The molecule has 0 aliphatic heterocycles. The average molecular weight is 380 g/mol. The van der Waals surface area contributed by atoms with Gasteiger partial charge < -0.3 is 18.9 Å². The van der Waals surface area contributed by atoms with Crippen molar-refractivity contribution in [2.24, 2.45) is 13.0 Å². The van der Waals surface area contributed by atoms with Gasteiger partial charge in [0.1, 0.15) is 5.69 Å². The van der Waals surface area contributed by atoms with Crippen LogP contribution >= 0.6 is 0 Å². The number of hydrogen-bond donors (Lipinski definition) is 0. The quantitative estimate of drug-likeness (QED) is 0.354. The highest BCUT2D eigenvalue weighted by Gasteiger charge is 2.27.